The van der Waals surface area contributed by atoms with Crippen LogP contribution in [0.4, 0.5) is 0 Å². The van der Waals surface area contributed by atoms with E-state index in [-0.39, 0.29) is 4.87 Å². The molecule has 0 aromatic carbocycles. The van der Waals surface area contributed by atoms with Gasteiger partial charge in [0.1, 0.15) is 5.01 Å². The minimum atomic E-state index is -0.0475. The largest absolute Gasteiger partial charge is 0.248 e. The molecule has 1 heterocycles. The second-order valence-electron chi connectivity index (χ2n) is 2.30. The molecule has 1 aromatic heterocycles. The number of nitrogens with zero attached hydrogens (tertiary/aromatic N) is 1. The number of thiazole rings is 1. The normalized spacial score (nSPS) is 21.9. The molecule has 0 saturated heterocycles. The van der Waals surface area contributed by atoms with Crippen LogP contribution in [0.1, 0.15) is 17.8 Å². The Kier molecular flexibility index (Phi) is 1.08. The zero-order valence-corrected chi connectivity index (χ0v) is 6.37. The first kappa shape index (κ1) is 5.69. The Balaban J connectivity index is 2.34. The lowest BCUT2D eigenvalue weighted by Crippen LogP contribution is -1.92. The Hall–Kier alpha value is -0.0800. The van der Waals surface area contributed by atoms with Gasteiger partial charge in [-0.1, -0.05) is 0 Å². The highest BCUT2D eigenvalue weighted by Gasteiger charge is 2.44. The lowest BCUT2D eigenvalue weighted by Gasteiger charge is -1.96. The molecule has 0 N–H and O–H groups in total. The molecule has 0 unspecified atom stereocenters. The van der Waals surface area contributed by atoms with E-state index in [0.717, 1.165) is 17.8 Å². The first-order chi connectivity index (χ1) is 4.31. The molecule has 1 aliphatic rings. The summed E-state index contributed by atoms with van der Waals surface area (Å²) >= 11 is 7.71. The van der Waals surface area contributed by atoms with Crippen LogP contribution in [0.2, 0.25) is 0 Å². The maximum Gasteiger partial charge on any atom is 0.114 e. The van der Waals surface area contributed by atoms with Gasteiger partial charge in [0.2, 0.25) is 0 Å². The van der Waals surface area contributed by atoms with Gasteiger partial charge in [0.15, 0.2) is 0 Å². The van der Waals surface area contributed by atoms with Gasteiger partial charge >= 0.3 is 0 Å². The summed E-state index contributed by atoms with van der Waals surface area (Å²) in [5.41, 5.74) is 0. The Labute approximate surface area is 62.7 Å². The standard InChI is InChI=1S/C6H6ClNS/c7-6(1-2-6)5-8-3-4-9-5/h3-4H,1-2H2. The van der Waals surface area contributed by atoms with Gasteiger partial charge in [0.25, 0.3) is 0 Å². The van der Waals surface area contributed by atoms with Crippen LogP contribution in [0, 0.1) is 0 Å². The van der Waals surface area contributed by atoms with E-state index in [4.69, 9.17) is 11.6 Å². The third-order valence-corrected chi connectivity index (χ3v) is 3.15. The molecule has 2 rings (SSSR count). The van der Waals surface area contributed by atoms with Crippen LogP contribution in [0.3, 0.4) is 0 Å². The van der Waals surface area contributed by atoms with Crippen LogP contribution in [0.25, 0.3) is 0 Å². The number of rotatable bonds is 1. The van der Waals surface area contributed by atoms with E-state index in [2.05, 4.69) is 4.98 Å². The highest BCUT2D eigenvalue weighted by molar-refractivity contribution is 7.10. The van der Waals surface area contributed by atoms with Gasteiger partial charge in [-0.3, -0.25) is 0 Å². The van der Waals surface area contributed by atoms with Crippen LogP contribution < -0.4 is 0 Å². The third-order valence-electron chi connectivity index (χ3n) is 1.50. The van der Waals surface area contributed by atoms with Crippen molar-refractivity contribution in [2.24, 2.45) is 0 Å². The fourth-order valence-corrected chi connectivity index (χ4v) is 1.83. The van der Waals surface area contributed by atoms with Crippen LogP contribution >= 0.6 is 22.9 Å². The van der Waals surface area contributed by atoms with Gasteiger partial charge in [-0.15, -0.1) is 22.9 Å². The molecule has 0 atom stereocenters. The van der Waals surface area contributed by atoms with Gasteiger partial charge in [-0.25, -0.2) is 4.98 Å². The van der Waals surface area contributed by atoms with E-state index >= 15 is 0 Å². The van der Waals surface area contributed by atoms with E-state index in [1.807, 2.05) is 11.6 Å². The second-order valence-corrected chi connectivity index (χ2v) is 3.92. The summed E-state index contributed by atoms with van der Waals surface area (Å²) in [5.74, 6) is 0. The third kappa shape index (κ3) is 0.864. The molecule has 1 nitrogen and oxygen atoms in total. The molecular formula is C6H6ClNS. The van der Waals surface area contributed by atoms with Crippen LogP contribution in [-0.2, 0) is 4.87 Å². The highest BCUT2D eigenvalue weighted by Crippen LogP contribution is 2.52. The van der Waals surface area contributed by atoms with Gasteiger partial charge < -0.3 is 0 Å². The predicted molar refractivity (Wildman–Crippen MR) is 38.9 cm³/mol. The van der Waals surface area contributed by atoms with Crippen LogP contribution in [0.15, 0.2) is 11.6 Å². The molecule has 1 aliphatic carbocycles. The van der Waals surface area contributed by atoms with Gasteiger partial charge in [-0.05, 0) is 12.8 Å². The number of halogens is 1. The minimum Gasteiger partial charge on any atom is -0.248 e. The van der Waals surface area contributed by atoms with Crippen molar-refractivity contribution in [3.63, 3.8) is 0 Å². The van der Waals surface area contributed by atoms with Gasteiger partial charge in [0.05, 0.1) is 4.87 Å². The fourth-order valence-electron chi connectivity index (χ4n) is 0.768. The molecule has 0 amide bonds. The molecule has 3 heteroatoms. The lowest BCUT2D eigenvalue weighted by atomic mass is 10.4. The molecule has 0 aliphatic heterocycles. The predicted octanol–water partition coefficient (Wildman–Crippen LogP) is 2.37. The van der Waals surface area contributed by atoms with E-state index in [1.54, 1.807) is 11.3 Å². The zero-order chi connectivity index (χ0) is 6.32. The quantitative estimate of drug-likeness (QED) is 0.574. The Morgan fingerprint density at radius 3 is 2.89 bits per heavy atom. The van der Waals surface area contributed by atoms with Crippen molar-refractivity contribution in [2.75, 3.05) is 0 Å². The monoisotopic (exact) mass is 159 g/mol. The van der Waals surface area contributed by atoms with Crippen molar-refractivity contribution >= 4 is 22.9 Å². The number of hydrogen-bond acceptors (Lipinski definition) is 2. The number of aromatic nitrogens is 1. The van der Waals surface area contributed by atoms with E-state index < -0.39 is 0 Å². The average molecular weight is 160 g/mol. The minimum absolute atomic E-state index is 0.0475. The Morgan fingerprint density at radius 2 is 2.44 bits per heavy atom. The van der Waals surface area contributed by atoms with Crippen LogP contribution in [0.5, 0.6) is 0 Å². The summed E-state index contributed by atoms with van der Waals surface area (Å²) in [6.07, 6.45) is 4.01. The molecule has 0 spiro atoms. The van der Waals surface area contributed by atoms with Crippen molar-refractivity contribution in [2.45, 2.75) is 17.7 Å². The summed E-state index contributed by atoms with van der Waals surface area (Å²) in [7, 11) is 0. The van der Waals surface area contributed by atoms with Gasteiger partial charge in [0, 0.05) is 11.6 Å². The summed E-state index contributed by atoms with van der Waals surface area (Å²) in [5, 5.41) is 3.06. The maximum atomic E-state index is 6.06. The van der Waals surface area contributed by atoms with E-state index in [1.165, 1.54) is 0 Å². The highest BCUT2D eigenvalue weighted by atomic mass is 35.5. The van der Waals surface area contributed by atoms with Crippen molar-refractivity contribution in [1.82, 2.24) is 4.98 Å². The lowest BCUT2D eigenvalue weighted by molar-refractivity contribution is 0.985. The van der Waals surface area contributed by atoms with Crippen molar-refractivity contribution in [3.8, 4) is 0 Å². The smallest absolute Gasteiger partial charge is 0.114 e. The molecule has 0 radical (unpaired) electrons. The van der Waals surface area contributed by atoms with Crippen molar-refractivity contribution in [1.29, 1.82) is 0 Å². The Morgan fingerprint density at radius 1 is 1.67 bits per heavy atom. The first-order valence-electron chi connectivity index (χ1n) is 2.90. The van der Waals surface area contributed by atoms with Crippen LogP contribution in [-0.4, -0.2) is 4.98 Å². The summed E-state index contributed by atoms with van der Waals surface area (Å²) in [6.45, 7) is 0. The average Bonchev–Trinajstić information content (AvgIpc) is 2.46. The van der Waals surface area contributed by atoms with E-state index in [9.17, 15) is 0 Å². The zero-order valence-electron chi connectivity index (χ0n) is 4.80. The number of alkyl halides is 1. The fraction of sp³-hybridized carbons (Fsp3) is 0.500. The van der Waals surface area contributed by atoms with Gasteiger partial charge in [-0.2, -0.15) is 0 Å². The summed E-state index contributed by atoms with van der Waals surface area (Å²) < 4.78 is 0. The molecule has 1 aromatic rings. The Bertz CT molecular complexity index is 203. The SMILES string of the molecule is ClC1(c2nccs2)CC1. The van der Waals surface area contributed by atoms with Crippen molar-refractivity contribution in [3.05, 3.63) is 16.6 Å². The first-order valence-corrected chi connectivity index (χ1v) is 4.16. The van der Waals surface area contributed by atoms with E-state index in [0.29, 0.717) is 0 Å². The molecular weight excluding hydrogens is 154 g/mol. The number of hydrogen-bond donors (Lipinski definition) is 0. The topological polar surface area (TPSA) is 12.9 Å². The second kappa shape index (κ2) is 1.70. The maximum absolute atomic E-state index is 6.06. The molecule has 0 bridgehead atoms. The molecule has 1 saturated carbocycles. The summed E-state index contributed by atoms with van der Waals surface area (Å²) in [6, 6.07) is 0. The van der Waals surface area contributed by atoms with Crippen molar-refractivity contribution < 1.29 is 0 Å². The molecule has 1 fully saturated rings. The molecule has 9 heavy (non-hydrogen) atoms. The summed E-state index contributed by atoms with van der Waals surface area (Å²) in [4.78, 5) is 4.09. The molecule has 48 valence electrons.